The largest absolute Gasteiger partial charge is 0.385 e. The number of nitrogens with zero attached hydrogens (tertiary/aromatic N) is 1. The minimum Gasteiger partial charge on any atom is -0.385 e. The highest BCUT2D eigenvalue weighted by Gasteiger charge is 2.25. The van der Waals surface area contributed by atoms with Gasteiger partial charge < -0.3 is 10.1 Å². The van der Waals surface area contributed by atoms with Crippen molar-refractivity contribution >= 4 is 15.7 Å². The van der Waals surface area contributed by atoms with Crippen molar-refractivity contribution in [2.45, 2.75) is 43.0 Å². The van der Waals surface area contributed by atoms with E-state index in [4.69, 9.17) is 10.00 Å². The van der Waals surface area contributed by atoms with Crippen molar-refractivity contribution in [1.29, 1.82) is 5.26 Å². The number of benzene rings is 1. The predicted octanol–water partition coefficient (Wildman–Crippen LogP) is 2.23. The van der Waals surface area contributed by atoms with Gasteiger partial charge in [0.25, 0.3) is 0 Å². The second kappa shape index (κ2) is 8.29. The molecule has 1 saturated carbocycles. The monoisotopic (exact) mass is 337 g/mol. The normalized spacial score (nSPS) is 15.5. The summed E-state index contributed by atoms with van der Waals surface area (Å²) in [5.41, 5.74) is 0.893. The molecule has 2 N–H and O–H groups in total. The molecule has 0 unspecified atom stereocenters. The number of rotatable bonds is 8. The van der Waals surface area contributed by atoms with Gasteiger partial charge in [0.2, 0.25) is 10.0 Å². The van der Waals surface area contributed by atoms with Gasteiger partial charge in [0.1, 0.15) is 4.90 Å². The van der Waals surface area contributed by atoms with Crippen molar-refractivity contribution in [2.24, 2.45) is 0 Å². The topological polar surface area (TPSA) is 91.2 Å². The molecule has 2 rings (SSSR count). The fourth-order valence-electron chi connectivity index (χ4n) is 2.74. The molecule has 7 heteroatoms. The zero-order valence-corrected chi connectivity index (χ0v) is 14.2. The molecule has 1 aromatic carbocycles. The molecule has 0 heterocycles. The predicted molar refractivity (Wildman–Crippen MR) is 88.7 cm³/mol. The Morgan fingerprint density at radius 3 is 2.74 bits per heavy atom. The molecule has 1 aliphatic carbocycles. The molecule has 126 valence electrons. The van der Waals surface area contributed by atoms with Crippen molar-refractivity contribution in [3.63, 3.8) is 0 Å². The standard InChI is InChI=1S/C16H23N3O3S/c1-22-10-4-9-18-15-11-13(12-17)7-8-16(15)23(20,21)19-14-5-2-3-6-14/h7-8,11,14,18-19H,2-6,9-10H2,1H3. The van der Waals surface area contributed by atoms with E-state index in [1.54, 1.807) is 13.2 Å². The Hall–Kier alpha value is -1.62. The van der Waals surface area contributed by atoms with E-state index >= 15 is 0 Å². The Balaban J connectivity index is 2.19. The Labute approximate surface area is 137 Å². The fourth-order valence-corrected chi connectivity index (χ4v) is 4.21. The van der Waals surface area contributed by atoms with Gasteiger partial charge in [-0.25, -0.2) is 13.1 Å². The van der Waals surface area contributed by atoms with Crippen LogP contribution < -0.4 is 10.0 Å². The third-order valence-corrected chi connectivity index (χ3v) is 5.49. The number of ether oxygens (including phenoxy) is 1. The van der Waals surface area contributed by atoms with E-state index in [9.17, 15) is 8.42 Å². The fraction of sp³-hybridized carbons (Fsp3) is 0.562. The van der Waals surface area contributed by atoms with Crippen LogP contribution in [0.4, 0.5) is 5.69 Å². The zero-order valence-electron chi connectivity index (χ0n) is 13.3. The van der Waals surface area contributed by atoms with Crippen LogP contribution in [0.25, 0.3) is 0 Å². The average Bonchev–Trinajstić information content (AvgIpc) is 3.03. The summed E-state index contributed by atoms with van der Waals surface area (Å²) in [6.07, 6.45) is 4.63. The van der Waals surface area contributed by atoms with Gasteiger partial charge in [-0.3, -0.25) is 0 Å². The van der Waals surface area contributed by atoms with Gasteiger partial charge >= 0.3 is 0 Å². The number of hydrogen-bond acceptors (Lipinski definition) is 5. The van der Waals surface area contributed by atoms with E-state index in [-0.39, 0.29) is 10.9 Å². The van der Waals surface area contributed by atoms with E-state index in [1.165, 1.54) is 12.1 Å². The first-order valence-electron chi connectivity index (χ1n) is 7.86. The maximum atomic E-state index is 12.6. The Morgan fingerprint density at radius 1 is 1.35 bits per heavy atom. The van der Waals surface area contributed by atoms with Gasteiger partial charge in [-0.05, 0) is 37.5 Å². The summed E-state index contributed by atoms with van der Waals surface area (Å²) in [6.45, 7) is 1.17. The van der Waals surface area contributed by atoms with Crippen molar-refractivity contribution in [3.8, 4) is 6.07 Å². The van der Waals surface area contributed by atoms with Gasteiger partial charge in [0, 0.05) is 26.3 Å². The van der Waals surface area contributed by atoms with Crippen LogP contribution in [-0.4, -0.2) is 34.7 Å². The molecule has 23 heavy (non-hydrogen) atoms. The van der Waals surface area contributed by atoms with E-state index in [1.807, 2.05) is 6.07 Å². The van der Waals surface area contributed by atoms with Crippen LogP contribution in [0.3, 0.4) is 0 Å². The minimum atomic E-state index is -3.60. The first-order valence-corrected chi connectivity index (χ1v) is 9.34. The number of nitrogens with one attached hydrogen (secondary N) is 2. The summed E-state index contributed by atoms with van der Waals surface area (Å²) in [4.78, 5) is 0.195. The van der Waals surface area contributed by atoms with Crippen molar-refractivity contribution in [1.82, 2.24) is 4.72 Å². The van der Waals surface area contributed by atoms with Crippen LogP contribution >= 0.6 is 0 Å². The first-order chi connectivity index (χ1) is 11.1. The lowest BCUT2D eigenvalue weighted by Gasteiger charge is -2.16. The van der Waals surface area contributed by atoms with E-state index in [0.717, 1.165) is 32.1 Å². The summed E-state index contributed by atoms with van der Waals surface area (Å²) in [5.74, 6) is 0. The minimum absolute atomic E-state index is 0.0111. The zero-order chi connectivity index (χ0) is 16.7. The van der Waals surface area contributed by atoms with E-state index in [2.05, 4.69) is 10.0 Å². The molecular formula is C16H23N3O3S. The number of methoxy groups -OCH3 is 1. The molecule has 0 aromatic heterocycles. The van der Waals surface area contributed by atoms with Crippen molar-refractivity contribution < 1.29 is 13.2 Å². The van der Waals surface area contributed by atoms with Gasteiger partial charge in [-0.2, -0.15) is 5.26 Å². The summed E-state index contributed by atoms with van der Waals surface area (Å²) < 4.78 is 33.0. The highest BCUT2D eigenvalue weighted by Crippen LogP contribution is 2.25. The van der Waals surface area contributed by atoms with Crippen molar-refractivity contribution in [2.75, 3.05) is 25.6 Å². The molecule has 0 atom stereocenters. The average molecular weight is 337 g/mol. The van der Waals surface area contributed by atoms with Gasteiger partial charge in [0.05, 0.1) is 17.3 Å². The van der Waals surface area contributed by atoms with Crippen LogP contribution in [-0.2, 0) is 14.8 Å². The third kappa shape index (κ3) is 4.93. The summed E-state index contributed by atoms with van der Waals surface area (Å²) in [5, 5.41) is 12.1. The van der Waals surface area contributed by atoms with Crippen molar-refractivity contribution in [3.05, 3.63) is 23.8 Å². The van der Waals surface area contributed by atoms with Gasteiger partial charge in [-0.15, -0.1) is 0 Å². The highest BCUT2D eigenvalue weighted by molar-refractivity contribution is 7.89. The molecule has 0 amide bonds. The molecule has 0 spiro atoms. The molecular weight excluding hydrogens is 314 g/mol. The van der Waals surface area contributed by atoms with Crippen LogP contribution in [0.5, 0.6) is 0 Å². The number of hydrogen-bond donors (Lipinski definition) is 2. The SMILES string of the molecule is COCCCNc1cc(C#N)ccc1S(=O)(=O)NC1CCCC1. The Bertz CT molecular complexity index is 662. The lowest BCUT2D eigenvalue weighted by Crippen LogP contribution is -2.33. The molecule has 1 fully saturated rings. The van der Waals surface area contributed by atoms with E-state index < -0.39 is 10.0 Å². The lowest BCUT2D eigenvalue weighted by molar-refractivity contribution is 0.198. The Kier molecular flexibility index (Phi) is 6.39. The van der Waals surface area contributed by atoms with Gasteiger partial charge in [-0.1, -0.05) is 12.8 Å². The summed E-state index contributed by atoms with van der Waals surface area (Å²) in [6, 6.07) is 6.66. The van der Waals surface area contributed by atoms with Crippen LogP contribution in [0, 0.1) is 11.3 Å². The van der Waals surface area contributed by atoms with E-state index in [0.29, 0.717) is 24.4 Å². The molecule has 1 aromatic rings. The van der Waals surface area contributed by atoms with Gasteiger partial charge in [0.15, 0.2) is 0 Å². The molecule has 1 aliphatic rings. The smallest absolute Gasteiger partial charge is 0.242 e. The molecule has 6 nitrogen and oxygen atoms in total. The second-order valence-corrected chi connectivity index (χ2v) is 7.38. The molecule has 0 bridgehead atoms. The lowest BCUT2D eigenvalue weighted by atomic mass is 10.2. The second-order valence-electron chi connectivity index (χ2n) is 5.70. The molecule has 0 radical (unpaired) electrons. The third-order valence-electron chi connectivity index (χ3n) is 3.92. The number of nitriles is 1. The summed E-state index contributed by atoms with van der Waals surface area (Å²) >= 11 is 0. The summed E-state index contributed by atoms with van der Waals surface area (Å²) in [7, 11) is -1.97. The quantitative estimate of drug-likeness (QED) is 0.710. The van der Waals surface area contributed by atoms with Crippen LogP contribution in [0.1, 0.15) is 37.7 Å². The van der Waals surface area contributed by atoms with Crippen LogP contribution in [0.15, 0.2) is 23.1 Å². The maximum Gasteiger partial charge on any atom is 0.242 e. The molecule has 0 aliphatic heterocycles. The number of sulfonamides is 1. The number of anilines is 1. The maximum absolute atomic E-state index is 12.6. The highest BCUT2D eigenvalue weighted by atomic mass is 32.2. The first kappa shape index (κ1) is 17.7. The Morgan fingerprint density at radius 2 is 2.09 bits per heavy atom. The van der Waals surface area contributed by atoms with Crippen LogP contribution in [0.2, 0.25) is 0 Å². The molecule has 0 saturated heterocycles.